The molecule has 4 nitrogen and oxygen atoms in total. The molecule has 2 aromatic rings. The Morgan fingerprint density at radius 3 is 2.78 bits per heavy atom. The van der Waals surface area contributed by atoms with Crippen molar-refractivity contribution in [2.45, 2.75) is 6.92 Å². The highest BCUT2D eigenvalue weighted by Gasteiger charge is 2.11. The van der Waals surface area contributed by atoms with E-state index in [2.05, 4.69) is 11.1 Å². The van der Waals surface area contributed by atoms with Gasteiger partial charge in [-0.2, -0.15) is 5.26 Å². The predicted octanol–water partition coefficient (Wildman–Crippen LogP) is 2.52. The van der Waals surface area contributed by atoms with Gasteiger partial charge in [-0.15, -0.1) is 0 Å². The molecule has 1 heterocycles. The van der Waals surface area contributed by atoms with Crippen LogP contribution in [0.4, 0.5) is 5.82 Å². The summed E-state index contributed by atoms with van der Waals surface area (Å²) < 4.78 is 5.18. The summed E-state index contributed by atoms with van der Waals surface area (Å²) >= 11 is 0. The number of nitrogen functional groups attached to an aromatic ring is 1. The molecule has 0 aliphatic rings. The van der Waals surface area contributed by atoms with E-state index >= 15 is 0 Å². The third kappa shape index (κ3) is 2.11. The number of nitrogens with zero attached hydrogens (tertiary/aromatic N) is 2. The molecule has 0 aliphatic heterocycles. The van der Waals surface area contributed by atoms with Gasteiger partial charge in [-0.25, -0.2) is 4.98 Å². The number of hydrogen-bond donors (Lipinski definition) is 1. The van der Waals surface area contributed by atoms with Gasteiger partial charge in [0.25, 0.3) is 0 Å². The summed E-state index contributed by atoms with van der Waals surface area (Å²) in [5, 5.41) is 9.18. The molecule has 1 aromatic heterocycles. The highest BCUT2D eigenvalue weighted by Crippen LogP contribution is 2.29. The average molecular weight is 239 g/mol. The van der Waals surface area contributed by atoms with Crippen molar-refractivity contribution in [3.05, 3.63) is 41.6 Å². The van der Waals surface area contributed by atoms with E-state index < -0.39 is 0 Å². The van der Waals surface area contributed by atoms with Crippen molar-refractivity contribution in [2.75, 3.05) is 12.8 Å². The van der Waals surface area contributed by atoms with E-state index in [4.69, 9.17) is 10.5 Å². The van der Waals surface area contributed by atoms with Crippen LogP contribution in [-0.4, -0.2) is 12.1 Å². The molecule has 0 atom stereocenters. The van der Waals surface area contributed by atoms with Crippen LogP contribution in [0.2, 0.25) is 0 Å². The molecule has 0 radical (unpaired) electrons. The molecule has 0 saturated heterocycles. The fourth-order valence-corrected chi connectivity index (χ4v) is 1.83. The Morgan fingerprint density at radius 1 is 1.33 bits per heavy atom. The van der Waals surface area contributed by atoms with Gasteiger partial charge >= 0.3 is 0 Å². The summed E-state index contributed by atoms with van der Waals surface area (Å²) in [6.07, 6.45) is 0. The van der Waals surface area contributed by atoms with Crippen LogP contribution in [0.1, 0.15) is 11.3 Å². The smallest absolute Gasteiger partial charge is 0.142 e. The molecule has 0 bridgehead atoms. The summed E-state index contributed by atoms with van der Waals surface area (Å²) in [6.45, 7) is 1.85. The van der Waals surface area contributed by atoms with Crippen LogP contribution in [0.3, 0.4) is 0 Å². The van der Waals surface area contributed by atoms with Gasteiger partial charge < -0.3 is 10.5 Å². The van der Waals surface area contributed by atoms with E-state index in [1.165, 1.54) is 0 Å². The van der Waals surface area contributed by atoms with Gasteiger partial charge in [-0.1, -0.05) is 12.1 Å². The Morgan fingerprint density at radius 2 is 2.11 bits per heavy atom. The van der Waals surface area contributed by atoms with E-state index in [0.29, 0.717) is 5.56 Å². The minimum absolute atomic E-state index is 0.260. The molecule has 0 saturated carbocycles. The number of rotatable bonds is 2. The lowest BCUT2D eigenvalue weighted by Gasteiger charge is -2.09. The summed E-state index contributed by atoms with van der Waals surface area (Å²) in [5.41, 5.74) is 8.63. The molecule has 2 N–H and O–H groups in total. The molecule has 0 fully saturated rings. The monoisotopic (exact) mass is 239 g/mol. The minimum atomic E-state index is 0.260. The molecule has 0 amide bonds. The van der Waals surface area contributed by atoms with Crippen molar-refractivity contribution >= 4 is 5.82 Å². The number of aromatic nitrogens is 1. The van der Waals surface area contributed by atoms with E-state index in [1.54, 1.807) is 7.11 Å². The molecule has 2 rings (SSSR count). The summed E-state index contributed by atoms with van der Waals surface area (Å²) in [7, 11) is 1.61. The van der Waals surface area contributed by atoms with Gasteiger partial charge in [-0.3, -0.25) is 0 Å². The number of anilines is 1. The Hall–Kier alpha value is -2.54. The van der Waals surface area contributed by atoms with Crippen molar-refractivity contribution in [1.82, 2.24) is 4.98 Å². The molecule has 0 aliphatic carbocycles. The van der Waals surface area contributed by atoms with E-state index in [9.17, 15) is 5.26 Å². The van der Waals surface area contributed by atoms with Crippen molar-refractivity contribution in [1.29, 1.82) is 5.26 Å². The quantitative estimate of drug-likeness (QED) is 0.874. The normalized spacial score (nSPS) is 9.83. The second kappa shape index (κ2) is 4.76. The molecule has 4 heteroatoms. The van der Waals surface area contributed by atoms with Gasteiger partial charge in [-0.05, 0) is 30.7 Å². The molecule has 0 unspecified atom stereocenters. The third-order valence-corrected chi connectivity index (χ3v) is 2.67. The van der Waals surface area contributed by atoms with Crippen LogP contribution in [0, 0.1) is 18.3 Å². The molecule has 90 valence electrons. The first-order valence-corrected chi connectivity index (χ1v) is 5.47. The van der Waals surface area contributed by atoms with Gasteiger partial charge in [0.2, 0.25) is 0 Å². The number of hydrogen-bond acceptors (Lipinski definition) is 4. The van der Waals surface area contributed by atoms with Crippen LogP contribution >= 0.6 is 0 Å². The zero-order valence-electron chi connectivity index (χ0n) is 10.3. The second-order valence-electron chi connectivity index (χ2n) is 3.92. The van der Waals surface area contributed by atoms with Crippen LogP contribution < -0.4 is 10.5 Å². The van der Waals surface area contributed by atoms with Crippen LogP contribution in [0.25, 0.3) is 11.1 Å². The zero-order valence-corrected chi connectivity index (χ0v) is 10.3. The molecule has 1 aromatic carbocycles. The number of ether oxygens (including phenoxy) is 1. The highest BCUT2D eigenvalue weighted by molar-refractivity contribution is 5.76. The largest absolute Gasteiger partial charge is 0.497 e. The first kappa shape index (κ1) is 11.9. The minimum Gasteiger partial charge on any atom is -0.497 e. The number of pyridine rings is 1. The lowest BCUT2D eigenvalue weighted by Crippen LogP contribution is -1.99. The van der Waals surface area contributed by atoms with Gasteiger partial charge in [0.15, 0.2) is 0 Å². The maximum atomic E-state index is 9.18. The van der Waals surface area contributed by atoms with Gasteiger partial charge in [0, 0.05) is 11.3 Å². The predicted molar refractivity (Wildman–Crippen MR) is 70.1 cm³/mol. The lowest BCUT2D eigenvalue weighted by atomic mass is 10.0. The van der Waals surface area contributed by atoms with Crippen LogP contribution in [0.15, 0.2) is 30.3 Å². The Kier molecular flexibility index (Phi) is 3.16. The van der Waals surface area contributed by atoms with Crippen molar-refractivity contribution in [3.8, 4) is 22.9 Å². The molecular weight excluding hydrogens is 226 g/mol. The maximum Gasteiger partial charge on any atom is 0.142 e. The number of benzene rings is 1. The first-order chi connectivity index (χ1) is 8.65. The average Bonchev–Trinajstić information content (AvgIpc) is 2.38. The molecule has 18 heavy (non-hydrogen) atoms. The summed E-state index contributed by atoms with van der Waals surface area (Å²) in [4.78, 5) is 4.10. The van der Waals surface area contributed by atoms with Crippen LogP contribution in [-0.2, 0) is 0 Å². The maximum absolute atomic E-state index is 9.18. The van der Waals surface area contributed by atoms with Gasteiger partial charge in [0.1, 0.15) is 23.2 Å². The standard InChI is InChI=1S/C14H13N3O/c1-9-6-12(13(8-15)14(16)17-9)10-4-3-5-11(7-10)18-2/h3-7H,1-2H3,(H2,16,17). The first-order valence-electron chi connectivity index (χ1n) is 5.47. The van der Waals surface area contributed by atoms with E-state index in [1.807, 2.05) is 37.3 Å². The van der Waals surface area contributed by atoms with Crippen molar-refractivity contribution in [2.24, 2.45) is 0 Å². The lowest BCUT2D eigenvalue weighted by molar-refractivity contribution is 0.415. The SMILES string of the molecule is COc1cccc(-c2cc(C)nc(N)c2C#N)c1. The van der Waals surface area contributed by atoms with Gasteiger partial charge in [0.05, 0.1) is 7.11 Å². The van der Waals surface area contributed by atoms with Crippen molar-refractivity contribution < 1.29 is 4.74 Å². The van der Waals surface area contributed by atoms with Crippen LogP contribution in [0.5, 0.6) is 5.75 Å². The fraction of sp³-hybridized carbons (Fsp3) is 0.143. The van der Waals surface area contributed by atoms with E-state index in [0.717, 1.165) is 22.6 Å². The summed E-state index contributed by atoms with van der Waals surface area (Å²) in [6, 6.07) is 11.5. The number of aryl methyl sites for hydroxylation is 1. The number of nitriles is 1. The van der Waals surface area contributed by atoms with E-state index in [-0.39, 0.29) is 5.82 Å². The summed E-state index contributed by atoms with van der Waals surface area (Å²) in [5.74, 6) is 1.000. The number of nitrogens with two attached hydrogens (primary N) is 1. The third-order valence-electron chi connectivity index (χ3n) is 2.67. The zero-order chi connectivity index (χ0) is 13.1. The molecular formula is C14H13N3O. The Labute approximate surface area is 106 Å². The van der Waals surface area contributed by atoms with Crippen molar-refractivity contribution in [3.63, 3.8) is 0 Å². The highest BCUT2D eigenvalue weighted by atomic mass is 16.5. The Bertz CT molecular complexity index is 629. The second-order valence-corrected chi connectivity index (χ2v) is 3.92. The topological polar surface area (TPSA) is 71.9 Å². The number of methoxy groups -OCH3 is 1. The fourth-order valence-electron chi connectivity index (χ4n) is 1.83. The molecule has 0 spiro atoms. The Balaban J connectivity index is 2.66.